The van der Waals surface area contributed by atoms with Gasteiger partial charge >= 0.3 is 0 Å². The lowest BCUT2D eigenvalue weighted by Gasteiger charge is -2.35. The van der Waals surface area contributed by atoms with Crippen LogP contribution in [0, 0.1) is 0 Å². The van der Waals surface area contributed by atoms with E-state index < -0.39 is 5.72 Å². The van der Waals surface area contributed by atoms with Crippen LogP contribution in [0.3, 0.4) is 0 Å². The number of thiocarbonyl (C=S) groups is 1. The van der Waals surface area contributed by atoms with E-state index in [4.69, 9.17) is 23.8 Å². The maximum Gasteiger partial charge on any atom is 0.199 e. The summed E-state index contributed by atoms with van der Waals surface area (Å²) in [6.45, 7) is 0.380. The zero-order chi connectivity index (χ0) is 21.1. The van der Waals surface area contributed by atoms with E-state index in [1.54, 1.807) is 29.2 Å². The van der Waals surface area contributed by atoms with Crippen molar-refractivity contribution in [2.75, 3.05) is 0 Å². The van der Waals surface area contributed by atoms with Crippen LogP contribution in [0.1, 0.15) is 21.5 Å². The first-order chi connectivity index (χ1) is 14.5. The Morgan fingerprint density at radius 1 is 1.00 bits per heavy atom. The quantitative estimate of drug-likeness (QED) is 0.302. The molecule has 3 aromatic carbocycles. The molecule has 1 N–H and O–H groups in total. The molecule has 0 aliphatic carbocycles. The predicted octanol–water partition coefficient (Wildman–Crippen LogP) is 5.79. The molecule has 1 heterocycles. The number of hydrogen-bond acceptors (Lipinski definition) is 4. The molecule has 4 rings (SSSR count). The highest BCUT2D eigenvalue weighted by Crippen LogP contribution is 2.49. The number of halogens is 1. The van der Waals surface area contributed by atoms with Crippen LogP contribution in [0.15, 0.2) is 95.9 Å². The van der Waals surface area contributed by atoms with Gasteiger partial charge in [0.1, 0.15) is 4.32 Å². The smallest absolute Gasteiger partial charge is 0.199 e. The first-order valence-corrected chi connectivity index (χ1v) is 10.9. The lowest BCUT2D eigenvalue weighted by atomic mass is 9.98. The molecule has 0 amide bonds. The van der Waals surface area contributed by atoms with Gasteiger partial charge < -0.3 is 10.0 Å². The normalized spacial score (nSPS) is 20.0. The minimum Gasteiger partial charge on any atom is -0.363 e. The van der Waals surface area contributed by atoms with Gasteiger partial charge in [-0.1, -0.05) is 108 Å². The van der Waals surface area contributed by atoms with Crippen LogP contribution in [-0.2, 0) is 12.3 Å². The summed E-state index contributed by atoms with van der Waals surface area (Å²) in [7, 11) is 0. The van der Waals surface area contributed by atoms with Crippen LogP contribution >= 0.6 is 35.6 Å². The Morgan fingerprint density at radius 3 is 2.23 bits per heavy atom. The van der Waals surface area contributed by atoms with Crippen molar-refractivity contribution in [3.05, 3.63) is 118 Å². The van der Waals surface area contributed by atoms with Crippen LogP contribution in [0.5, 0.6) is 0 Å². The monoisotopic (exact) mass is 451 g/mol. The van der Waals surface area contributed by atoms with Crippen LogP contribution in [0.4, 0.5) is 0 Å². The lowest BCUT2D eigenvalue weighted by Crippen LogP contribution is -2.43. The van der Waals surface area contributed by atoms with E-state index in [0.29, 0.717) is 31.9 Å². The highest BCUT2D eigenvalue weighted by Gasteiger charge is 2.48. The Labute approximate surface area is 190 Å². The van der Waals surface area contributed by atoms with Gasteiger partial charge in [0.2, 0.25) is 0 Å². The van der Waals surface area contributed by atoms with Gasteiger partial charge in [-0.25, -0.2) is 0 Å². The van der Waals surface area contributed by atoms with E-state index in [9.17, 15) is 9.90 Å². The molecule has 1 aliphatic rings. The van der Waals surface area contributed by atoms with Crippen molar-refractivity contribution in [3.8, 4) is 0 Å². The van der Waals surface area contributed by atoms with Gasteiger partial charge in [-0.2, -0.15) is 0 Å². The fraction of sp³-hybridized carbons (Fsp3) is 0.0833. The average Bonchev–Trinajstić information content (AvgIpc) is 3.01. The summed E-state index contributed by atoms with van der Waals surface area (Å²) >= 11 is 12.9. The number of rotatable bonds is 5. The molecule has 0 bridgehead atoms. The summed E-state index contributed by atoms with van der Waals surface area (Å²) in [5.41, 5.74) is 0.626. The summed E-state index contributed by atoms with van der Waals surface area (Å²) in [5.74, 6) is -0.177. The molecule has 0 spiro atoms. The standard InChI is InChI=1S/C24H18ClNO2S2/c25-20-13-11-17(12-14-20)16-26-23(29)30-22(15-21(27)18-7-3-1-4-8-18)24(26,28)19-9-5-2-6-10-19/h1-15,28H,16H2/b22-15+. The molecule has 1 saturated heterocycles. The molecule has 0 radical (unpaired) electrons. The number of hydrogen-bond donors (Lipinski definition) is 1. The minimum absolute atomic E-state index is 0.177. The Kier molecular flexibility index (Phi) is 6.06. The summed E-state index contributed by atoms with van der Waals surface area (Å²) in [6.07, 6.45) is 1.49. The summed E-state index contributed by atoms with van der Waals surface area (Å²) in [4.78, 5) is 15.1. The Morgan fingerprint density at radius 2 is 1.60 bits per heavy atom. The first-order valence-electron chi connectivity index (χ1n) is 9.32. The number of aliphatic hydroxyl groups is 1. The first kappa shape index (κ1) is 20.8. The number of carbonyl (C=O) groups is 1. The van der Waals surface area contributed by atoms with Gasteiger partial charge in [-0.05, 0) is 17.7 Å². The molecule has 3 aromatic rings. The van der Waals surface area contributed by atoms with Crippen molar-refractivity contribution in [2.45, 2.75) is 12.3 Å². The molecule has 6 heteroatoms. The second-order valence-corrected chi connectivity index (χ2v) is 8.97. The van der Waals surface area contributed by atoms with Gasteiger partial charge in [0.05, 0.1) is 4.91 Å². The molecule has 0 aromatic heterocycles. The summed E-state index contributed by atoms with van der Waals surface area (Å²) in [6, 6.07) is 25.7. The molecule has 1 fully saturated rings. The van der Waals surface area contributed by atoms with Crippen molar-refractivity contribution < 1.29 is 9.90 Å². The molecule has 3 nitrogen and oxygen atoms in total. The van der Waals surface area contributed by atoms with E-state index in [-0.39, 0.29) is 5.78 Å². The topological polar surface area (TPSA) is 40.5 Å². The zero-order valence-electron chi connectivity index (χ0n) is 15.9. The third-order valence-corrected chi connectivity index (χ3v) is 6.64. The van der Waals surface area contributed by atoms with E-state index in [1.807, 2.05) is 60.7 Å². The number of nitrogens with zero attached hydrogens (tertiary/aromatic N) is 1. The SMILES string of the molecule is O=C(/C=C1/SC(=S)N(Cc2ccc(Cl)cc2)C1(O)c1ccccc1)c1ccccc1. The highest BCUT2D eigenvalue weighted by molar-refractivity contribution is 8.25. The molecule has 30 heavy (non-hydrogen) atoms. The highest BCUT2D eigenvalue weighted by atomic mass is 35.5. The van der Waals surface area contributed by atoms with Crippen LogP contribution in [0.25, 0.3) is 0 Å². The lowest BCUT2D eigenvalue weighted by molar-refractivity contribution is -0.0314. The number of ketones is 1. The van der Waals surface area contributed by atoms with E-state index in [2.05, 4.69) is 0 Å². The molecule has 1 unspecified atom stereocenters. The van der Waals surface area contributed by atoms with Crippen molar-refractivity contribution >= 4 is 45.7 Å². The van der Waals surface area contributed by atoms with Gasteiger partial charge in [0, 0.05) is 28.8 Å². The molecule has 1 aliphatic heterocycles. The van der Waals surface area contributed by atoms with Crippen molar-refractivity contribution in [1.82, 2.24) is 4.90 Å². The molecular formula is C24H18ClNO2S2. The Hall–Kier alpha value is -2.44. The molecule has 150 valence electrons. The fourth-order valence-corrected chi connectivity index (χ4v) is 4.96. The molecule has 1 atom stereocenters. The number of allylic oxidation sites excluding steroid dienone is 1. The van der Waals surface area contributed by atoms with E-state index in [0.717, 1.165) is 5.56 Å². The average molecular weight is 452 g/mol. The van der Waals surface area contributed by atoms with E-state index >= 15 is 0 Å². The maximum absolute atomic E-state index is 12.9. The van der Waals surface area contributed by atoms with Gasteiger partial charge in [-0.15, -0.1) is 0 Å². The van der Waals surface area contributed by atoms with Crippen LogP contribution in [0.2, 0.25) is 5.02 Å². The van der Waals surface area contributed by atoms with E-state index in [1.165, 1.54) is 17.8 Å². The summed E-state index contributed by atoms with van der Waals surface area (Å²) in [5, 5.41) is 12.6. The number of thioether (sulfide) groups is 1. The minimum atomic E-state index is -1.53. The molecular weight excluding hydrogens is 434 g/mol. The fourth-order valence-electron chi connectivity index (χ4n) is 3.34. The number of carbonyl (C=O) groups excluding carboxylic acids is 1. The Balaban J connectivity index is 1.77. The second-order valence-electron chi connectivity index (χ2n) is 6.86. The van der Waals surface area contributed by atoms with Gasteiger partial charge in [-0.3, -0.25) is 4.79 Å². The largest absolute Gasteiger partial charge is 0.363 e. The molecule has 0 saturated carbocycles. The van der Waals surface area contributed by atoms with Crippen LogP contribution in [-0.4, -0.2) is 20.1 Å². The zero-order valence-corrected chi connectivity index (χ0v) is 18.3. The predicted molar refractivity (Wildman–Crippen MR) is 126 cm³/mol. The third kappa shape index (κ3) is 4.07. The van der Waals surface area contributed by atoms with Crippen molar-refractivity contribution in [3.63, 3.8) is 0 Å². The van der Waals surface area contributed by atoms with Crippen LogP contribution < -0.4 is 0 Å². The van der Waals surface area contributed by atoms with Gasteiger partial charge in [0.15, 0.2) is 11.5 Å². The number of benzene rings is 3. The Bertz CT molecular complexity index is 1100. The third-order valence-electron chi connectivity index (χ3n) is 4.90. The summed E-state index contributed by atoms with van der Waals surface area (Å²) < 4.78 is 0.503. The second kappa shape index (κ2) is 8.74. The van der Waals surface area contributed by atoms with Crippen molar-refractivity contribution in [1.29, 1.82) is 0 Å². The van der Waals surface area contributed by atoms with Crippen molar-refractivity contribution in [2.24, 2.45) is 0 Å². The maximum atomic E-state index is 12.9. The van der Waals surface area contributed by atoms with Gasteiger partial charge in [0.25, 0.3) is 0 Å².